The lowest BCUT2D eigenvalue weighted by molar-refractivity contribution is -0.123. The summed E-state index contributed by atoms with van der Waals surface area (Å²) >= 11 is 0. The Kier molecular flexibility index (Phi) is 8.11. The van der Waals surface area contributed by atoms with Crippen molar-refractivity contribution >= 4 is 21.6 Å². The summed E-state index contributed by atoms with van der Waals surface area (Å²) in [4.78, 5) is 12.9. The second-order valence-electron chi connectivity index (χ2n) is 7.22. The molecule has 1 amide bonds. The van der Waals surface area contributed by atoms with Crippen LogP contribution in [0.1, 0.15) is 25.8 Å². The molecule has 2 atom stereocenters. The minimum absolute atomic E-state index is 0.248. The molecule has 0 aliphatic carbocycles. The largest absolute Gasteiger partial charge is 0.497 e. The summed E-state index contributed by atoms with van der Waals surface area (Å²) in [6.45, 7) is 5.73. The molecule has 30 heavy (non-hydrogen) atoms. The highest BCUT2D eigenvalue weighted by atomic mass is 32.2. The van der Waals surface area contributed by atoms with Gasteiger partial charge in [-0.15, -0.1) is 0 Å². The maximum Gasteiger partial charge on any atom is 0.244 e. The Morgan fingerprint density at radius 2 is 1.77 bits per heavy atom. The Hall–Kier alpha value is -2.74. The molecule has 0 aliphatic heterocycles. The molecule has 7 nitrogen and oxygen atoms in total. The first kappa shape index (κ1) is 23.5. The van der Waals surface area contributed by atoms with Gasteiger partial charge in [0.1, 0.15) is 24.1 Å². The highest BCUT2D eigenvalue weighted by Crippen LogP contribution is 2.23. The molecule has 0 aliphatic rings. The maximum atomic E-state index is 12.9. The van der Waals surface area contributed by atoms with Crippen LogP contribution in [-0.2, 0) is 14.8 Å². The fourth-order valence-electron chi connectivity index (χ4n) is 3.10. The Labute approximate surface area is 179 Å². The van der Waals surface area contributed by atoms with E-state index in [2.05, 4.69) is 5.32 Å². The third-order valence-electron chi connectivity index (χ3n) is 4.53. The van der Waals surface area contributed by atoms with E-state index in [1.54, 1.807) is 56.5 Å². The lowest BCUT2D eigenvalue weighted by Crippen LogP contribution is -2.52. The number of anilines is 1. The summed E-state index contributed by atoms with van der Waals surface area (Å²) in [7, 11) is -2.07. The molecule has 0 fully saturated rings. The third-order valence-corrected chi connectivity index (χ3v) is 5.71. The van der Waals surface area contributed by atoms with Gasteiger partial charge in [-0.1, -0.05) is 19.1 Å². The number of rotatable bonds is 10. The van der Waals surface area contributed by atoms with E-state index in [1.807, 2.05) is 19.9 Å². The number of sulfonamides is 1. The molecule has 0 saturated heterocycles. The zero-order valence-corrected chi connectivity index (χ0v) is 18.9. The van der Waals surface area contributed by atoms with Crippen LogP contribution in [0.3, 0.4) is 0 Å². The van der Waals surface area contributed by atoms with Crippen LogP contribution in [0.25, 0.3) is 0 Å². The number of carbonyl (C=O) groups is 1. The predicted molar refractivity (Wildman–Crippen MR) is 119 cm³/mol. The average molecular weight is 435 g/mol. The Morgan fingerprint density at radius 3 is 2.30 bits per heavy atom. The van der Waals surface area contributed by atoms with Crippen LogP contribution in [0.15, 0.2) is 48.5 Å². The van der Waals surface area contributed by atoms with Crippen LogP contribution in [0.4, 0.5) is 5.69 Å². The molecule has 0 unspecified atom stereocenters. The number of methoxy groups -OCH3 is 1. The number of aryl methyl sites for hydroxylation is 1. The van der Waals surface area contributed by atoms with Crippen molar-refractivity contribution in [3.63, 3.8) is 0 Å². The van der Waals surface area contributed by atoms with Crippen molar-refractivity contribution in [2.24, 2.45) is 0 Å². The minimum atomic E-state index is -3.66. The molecular weight excluding hydrogens is 404 g/mol. The zero-order chi connectivity index (χ0) is 22.3. The quantitative estimate of drug-likeness (QED) is 0.621. The number of nitrogens with zero attached hydrogens (tertiary/aromatic N) is 1. The molecule has 0 heterocycles. The van der Waals surface area contributed by atoms with E-state index in [4.69, 9.17) is 9.47 Å². The second kappa shape index (κ2) is 10.3. The van der Waals surface area contributed by atoms with Gasteiger partial charge in [-0.2, -0.15) is 0 Å². The molecule has 0 aromatic heterocycles. The molecule has 2 aromatic rings. The van der Waals surface area contributed by atoms with E-state index in [0.29, 0.717) is 17.9 Å². The summed E-state index contributed by atoms with van der Waals surface area (Å²) < 4.78 is 37.0. The van der Waals surface area contributed by atoms with E-state index < -0.39 is 16.1 Å². The van der Waals surface area contributed by atoms with Crippen molar-refractivity contribution in [3.8, 4) is 11.5 Å². The fourth-order valence-corrected chi connectivity index (χ4v) is 4.30. The minimum Gasteiger partial charge on any atom is -0.497 e. The number of benzene rings is 2. The van der Waals surface area contributed by atoms with Crippen LogP contribution in [0, 0.1) is 6.92 Å². The molecule has 8 heteroatoms. The standard InChI is InChI=1S/C22H30N2O5S/c1-6-21(24(30(5,26)27)18-9-7-8-16(2)14-18)22(25)23-17(3)15-29-20-12-10-19(28-4)11-13-20/h7-14,17,21H,6,15H2,1-5H3,(H,23,25)/t17-,21+/m1/s1. The lowest BCUT2D eigenvalue weighted by Gasteiger charge is -2.31. The van der Waals surface area contributed by atoms with Gasteiger partial charge in [0, 0.05) is 0 Å². The monoisotopic (exact) mass is 434 g/mol. The lowest BCUT2D eigenvalue weighted by atomic mass is 10.1. The van der Waals surface area contributed by atoms with E-state index in [1.165, 1.54) is 4.31 Å². The number of carbonyl (C=O) groups excluding carboxylic acids is 1. The van der Waals surface area contributed by atoms with Crippen molar-refractivity contribution < 1.29 is 22.7 Å². The van der Waals surface area contributed by atoms with Crippen LogP contribution < -0.4 is 19.1 Å². The normalized spacial score (nSPS) is 13.2. The van der Waals surface area contributed by atoms with Crippen LogP contribution in [0.2, 0.25) is 0 Å². The molecule has 1 N–H and O–H groups in total. The van der Waals surface area contributed by atoms with Crippen LogP contribution in [0.5, 0.6) is 11.5 Å². The molecular formula is C22H30N2O5S. The first-order chi connectivity index (χ1) is 14.2. The van der Waals surface area contributed by atoms with E-state index in [-0.39, 0.29) is 18.6 Å². The number of ether oxygens (including phenoxy) is 2. The predicted octanol–water partition coefficient (Wildman–Crippen LogP) is 3.13. The molecule has 0 bridgehead atoms. The van der Waals surface area contributed by atoms with E-state index in [9.17, 15) is 13.2 Å². The van der Waals surface area contributed by atoms with Crippen LogP contribution in [-0.4, -0.2) is 46.4 Å². The van der Waals surface area contributed by atoms with Crippen molar-refractivity contribution in [1.29, 1.82) is 0 Å². The number of nitrogens with one attached hydrogen (secondary N) is 1. The Bertz CT molecular complexity index is 944. The van der Waals surface area contributed by atoms with Gasteiger partial charge < -0.3 is 14.8 Å². The SMILES string of the molecule is CC[C@@H](C(=O)N[C@H](C)COc1ccc(OC)cc1)N(c1cccc(C)c1)S(C)(=O)=O. The van der Waals surface area contributed by atoms with Gasteiger partial charge in [-0.3, -0.25) is 9.10 Å². The molecule has 2 aromatic carbocycles. The van der Waals surface area contributed by atoms with Gasteiger partial charge in [0.05, 0.1) is 25.1 Å². The smallest absolute Gasteiger partial charge is 0.244 e. The molecule has 0 radical (unpaired) electrons. The van der Waals surface area contributed by atoms with Gasteiger partial charge in [0.2, 0.25) is 15.9 Å². The summed E-state index contributed by atoms with van der Waals surface area (Å²) in [5.74, 6) is 1.02. The molecule has 2 rings (SSSR count). The first-order valence-electron chi connectivity index (χ1n) is 9.79. The molecule has 0 spiro atoms. The van der Waals surface area contributed by atoms with Gasteiger partial charge in [-0.05, 0) is 62.2 Å². The fraction of sp³-hybridized carbons (Fsp3) is 0.409. The zero-order valence-electron chi connectivity index (χ0n) is 18.1. The van der Waals surface area contributed by atoms with Gasteiger partial charge in [0.15, 0.2) is 0 Å². The first-order valence-corrected chi connectivity index (χ1v) is 11.6. The van der Waals surface area contributed by atoms with Gasteiger partial charge in [0.25, 0.3) is 0 Å². The summed E-state index contributed by atoms with van der Waals surface area (Å²) in [6.07, 6.45) is 1.44. The molecule has 0 saturated carbocycles. The third kappa shape index (κ3) is 6.38. The molecule has 164 valence electrons. The average Bonchev–Trinajstić information content (AvgIpc) is 2.69. The van der Waals surface area contributed by atoms with Crippen molar-refractivity contribution in [3.05, 3.63) is 54.1 Å². The summed E-state index contributed by atoms with van der Waals surface area (Å²) in [5.41, 5.74) is 1.39. The topological polar surface area (TPSA) is 84.9 Å². The van der Waals surface area contributed by atoms with Gasteiger partial charge in [-0.25, -0.2) is 8.42 Å². The maximum absolute atomic E-state index is 12.9. The van der Waals surface area contributed by atoms with Crippen molar-refractivity contribution in [1.82, 2.24) is 5.32 Å². The van der Waals surface area contributed by atoms with Gasteiger partial charge >= 0.3 is 0 Å². The highest BCUT2D eigenvalue weighted by Gasteiger charge is 2.32. The van der Waals surface area contributed by atoms with E-state index >= 15 is 0 Å². The van der Waals surface area contributed by atoms with E-state index in [0.717, 1.165) is 17.6 Å². The Morgan fingerprint density at radius 1 is 1.13 bits per heavy atom. The van der Waals surface area contributed by atoms with Crippen molar-refractivity contribution in [2.45, 2.75) is 39.3 Å². The highest BCUT2D eigenvalue weighted by molar-refractivity contribution is 7.92. The number of hydrogen-bond donors (Lipinski definition) is 1. The Balaban J connectivity index is 2.08. The van der Waals surface area contributed by atoms with Crippen molar-refractivity contribution in [2.75, 3.05) is 24.3 Å². The summed E-state index contributed by atoms with van der Waals surface area (Å²) in [6, 6.07) is 13.1. The summed E-state index contributed by atoms with van der Waals surface area (Å²) in [5, 5.41) is 2.87. The number of hydrogen-bond acceptors (Lipinski definition) is 5. The number of amides is 1. The van der Waals surface area contributed by atoms with Crippen LogP contribution >= 0.6 is 0 Å². The second-order valence-corrected chi connectivity index (χ2v) is 9.08.